The lowest BCUT2D eigenvalue weighted by atomic mass is 10.1. The monoisotopic (exact) mass is 328 g/mol. The summed E-state index contributed by atoms with van der Waals surface area (Å²) in [7, 11) is 0. The van der Waals surface area contributed by atoms with Crippen LogP contribution in [0.15, 0.2) is 54.6 Å². The van der Waals surface area contributed by atoms with Crippen LogP contribution < -0.4 is 4.90 Å². The molecule has 1 fully saturated rings. The number of rotatable bonds is 4. The zero-order chi connectivity index (χ0) is 16.1. The molecule has 0 atom stereocenters. The molecule has 2 aromatic carbocycles. The van der Waals surface area contributed by atoms with E-state index in [0.717, 1.165) is 36.8 Å². The van der Waals surface area contributed by atoms with Gasteiger partial charge in [0.25, 0.3) is 0 Å². The summed E-state index contributed by atoms with van der Waals surface area (Å²) in [6.45, 7) is 3.36. The molecule has 0 aromatic heterocycles. The van der Waals surface area contributed by atoms with Crippen molar-refractivity contribution in [1.82, 2.24) is 4.90 Å². The number of halogens is 1. The number of hydrogen-bond acceptors (Lipinski definition) is 2. The summed E-state index contributed by atoms with van der Waals surface area (Å²) in [4.78, 5) is 16.7. The second kappa shape index (κ2) is 7.51. The van der Waals surface area contributed by atoms with Gasteiger partial charge in [-0.05, 0) is 30.2 Å². The molecule has 0 bridgehead atoms. The summed E-state index contributed by atoms with van der Waals surface area (Å²) in [5, 5.41) is 0.745. The molecule has 3 rings (SSSR count). The van der Waals surface area contributed by atoms with Gasteiger partial charge in [-0.2, -0.15) is 0 Å². The van der Waals surface area contributed by atoms with E-state index in [0.29, 0.717) is 12.8 Å². The molecular formula is C19H21ClN2O. The molecule has 2 aromatic rings. The molecule has 0 unspecified atom stereocenters. The average Bonchev–Trinajstić information content (AvgIpc) is 2.62. The molecule has 0 spiro atoms. The number of nitrogens with zero attached hydrogens (tertiary/aromatic N) is 2. The predicted molar refractivity (Wildman–Crippen MR) is 95.0 cm³/mol. The van der Waals surface area contributed by atoms with Crippen LogP contribution in [0.3, 0.4) is 0 Å². The number of amides is 1. The molecule has 1 heterocycles. The van der Waals surface area contributed by atoms with E-state index in [4.69, 9.17) is 11.6 Å². The fourth-order valence-corrected chi connectivity index (χ4v) is 3.18. The Balaban J connectivity index is 1.50. The van der Waals surface area contributed by atoms with Crippen LogP contribution in [0.5, 0.6) is 0 Å². The van der Waals surface area contributed by atoms with Gasteiger partial charge in [0.15, 0.2) is 0 Å². The smallest absolute Gasteiger partial charge is 0.223 e. The summed E-state index contributed by atoms with van der Waals surface area (Å²) in [6, 6.07) is 18.1. The minimum Gasteiger partial charge on any atom is -0.368 e. The molecule has 4 heteroatoms. The van der Waals surface area contributed by atoms with Crippen molar-refractivity contribution in [2.75, 3.05) is 31.1 Å². The van der Waals surface area contributed by atoms with Crippen molar-refractivity contribution in [2.24, 2.45) is 0 Å². The SMILES string of the molecule is O=C(CCc1ccccc1Cl)N1CCN(c2ccccc2)CC1. The fraction of sp³-hybridized carbons (Fsp3) is 0.316. The predicted octanol–water partition coefficient (Wildman–Crippen LogP) is 3.62. The normalized spacial score (nSPS) is 14.8. The quantitative estimate of drug-likeness (QED) is 0.855. The first-order chi connectivity index (χ1) is 11.2. The van der Waals surface area contributed by atoms with Gasteiger partial charge in [0.1, 0.15) is 0 Å². The Labute approximate surface area is 142 Å². The molecular weight excluding hydrogens is 308 g/mol. The van der Waals surface area contributed by atoms with Crippen LogP contribution in [0.25, 0.3) is 0 Å². The number of carbonyl (C=O) groups is 1. The molecule has 23 heavy (non-hydrogen) atoms. The summed E-state index contributed by atoms with van der Waals surface area (Å²) >= 11 is 6.15. The third-order valence-corrected chi connectivity index (χ3v) is 4.69. The van der Waals surface area contributed by atoms with Crippen LogP contribution in [0, 0.1) is 0 Å². The number of aryl methyl sites for hydroxylation is 1. The fourth-order valence-electron chi connectivity index (χ4n) is 2.95. The highest BCUT2D eigenvalue weighted by molar-refractivity contribution is 6.31. The number of para-hydroxylation sites is 1. The maximum Gasteiger partial charge on any atom is 0.223 e. The molecule has 0 aliphatic carbocycles. The van der Waals surface area contributed by atoms with Crippen molar-refractivity contribution in [3.63, 3.8) is 0 Å². The van der Waals surface area contributed by atoms with Crippen molar-refractivity contribution < 1.29 is 4.79 Å². The lowest BCUT2D eigenvalue weighted by molar-refractivity contribution is -0.131. The first kappa shape index (κ1) is 15.9. The Morgan fingerprint density at radius 3 is 2.26 bits per heavy atom. The zero-order valence-electron chi connectivity index (χ0n) is 13.1. The third kappa shape index (κ3) is 4.05. The van der Waals surface area contributed by atoms with Crippen LogP contribution in [-0.4, -0.2) is 37.0 Å². The van der Waals surface area contributed by atoms with E-state index >= 15 is 0 Å². The van der Waals surface area contributed by atoms with Crippen molar-refractivity contribution in [3.8, 4) is 0 Å². The highest BCUT2D eigenvalue weighted by Gasteiger charge is 2.21. The van der Waals surface area contributed by atoms with E-state index in [1.165, 1.54) is 5.69 Å². The topological polar surface area (TPSA) is 23.6 Å². The minimum atomic E-state index is 0.220. The largest absolute Gasteiger partial charge is 0.368 e. The summed E-state index contributed by atoms with van der Waals surface area (Å²) in [5.41, 5.74) is 2.28. The van der Waals surface area contributed by atoms with E-state index in [1.54, 1.807) is 0 Å². The van der Waals surface area contributed by atoms with Crippen molar-refractivity contribution in [1.29, 1.82) is 0 Å². The number of carbonyl (C=O) groups excluding carboxylic acids is 1. The van der Waals surface area contributed by atoms with E-state index in [2.05, 4.69) is 29.2 Å². The van der Waals surface area contributed by atoms with E-state index in [1.807, 2.05) is 35.2 Å². The zero-order valence-corrected chi connectivity index (χ0v) is 13.9. The Morgan fingerprint density at radius 2 is 1.57 bits per heavy atom. The van der Waals surface area contributed by atoms with E-state index < -0.39 is 0 Å². The Bertz CT molecular complexity index is 651. The van der Waals surface area contributed by atoms with Crippen molar-refractivity contribution in [2.45, 2.75) is 12.8 Å². The van der Waals surface area contributed by atoms with Gasteiger partial charge in [-0.25, -0.2) is 0 Å². The standard InChI is InChI=1S/C19H21ClN2O/c20-18-9-5-4-6-16(18)10-11-19(23)22-14-12-21(13-15-22)17-7-2-1-3-8-17/h1-9H,10-15H2. The highest BCUT2D eigenvalue weighted by Crippen LogP contribution is 2.18. The maximum atomic E-state index is 12.4. The molecule has 120 valence electrons. The van der Waals surface area contributed by atoms with E-state index in [9.17, 15) is 4.79 Å². The van der Waals surface area contributed by atoms with Gasteiger partial charge < -0.3 is 9.80 Å². The van der Waals surface area contributed by atoms with Crippen LogP contribution in [0.2, 0.25) is 5.02 Å². The molecule has 1 amide bonds. The van der Waals surface area contributed by atoms with Gasteiger partial charge in [-0.1, -0.05) is 48.0 Å². The Morgan fingerprint density at radius 1 is 0.913 bits per heavy atom. The number of anilines is 1. The van der Waals surface area contributed by atoms with Gasteiger partial charge in [0, 0.05) is 43.3 Å². The van der Waals surface area contributed by atoms with Gasteiger partial charge >= 0.3 is 0 Å². The number of hydrogen-bond donors (Lipinski definition) is 0. The second-order valence-corrected chi connectivity index (χ2v) is 6.20. The van der Waals surface area contributed by atoms with Crippen LogP contribution in [0.4, 0.5) is 5.69 Å². The Hall–Kier alpha value is -2.00. The number of benzene rings is 2. The number of piperazine rings is 1. The summed E-state index contributed by atoms with van der Waals surface area (Å²) in [6.07, 6.45) is 1.23. The molecule has 0 N–H and O–H groups in total. The van der Waals surface area contributed by atoms with Gasteiger partial charge in [-0.15, -0.1) is 0 Å². The van der Waals surface area contributed by atoms with Crippen LogP contribution >= 0.6 is 11.6 Å². The van der Waals surface area contributed by atoms with Gasteiger partial charge in [0.2, 0.25) is 5.91 Å². The van der Waals surface area contributed by atoms with Crippen molar-refractivity contribution >= 4 is 23.2 Å². The molecule has 3 nitrogen and oxygen atoms in total. The minimum absolute atomic E-state index is 0.220. The molecule has 0 saturated carbocycles. The van der Waals surface area contributed by atoms with Crippen molar-refractivity contribution in [3.05, 3.63) is 65.2 Å². The highest BCUT2D eigenvalue weighted by atomic mass is 35.5. The van der Waals surface area contributed by atoms with Gasteiger partial charge in [-0.3, -0.25) is 4.79 Å². The third-order valence-electron chi connectivity index (χ3n) is 4.32. The summed E-state index contributed by atoms with van der Waals surface area (Å²) in [5.74, 6) is 0.220. The first-order valence-electron chi connectivity index (χ1n) is 8.05. The summed E-state index contributed by atoms with van der Waals surface area (Å²) < 4.78 is 0. The lowest BCUT2D eigenvalue weighted by Gasteiger charge is -2.36. The second-order valence-electron chi connectivity index (χ2n) is 5.79. The van der Waals surface area contributed by atoms with Crippen LogP contribution in [-0.2, 0) is 11.2 Å². The van der Waals surface area contributed by atoms with E-state index in [-0.39, 0.29) is 5.91 Å². The van der Waals surface area contributed by atoms with Gasteiger partial charge in [0.05, 0.1) is 0 Å². The maximum absolute atomic E-state index is 12.4. The molecule has 0 radical (unpaired) electrons. The average molecular weight is 329 g/mol. The van der Waals surface area contributed by atoms with Crippen LogP contribution in [0.1, 0.15) is 12.0 Å². The Kier molecular flexibility index (Phi) is 5.19. The molecule has 1 saturated heterocycles. The first-order valence-corrected chi connectivity index (χ1v) is 8.43. The molecule has 1 aliphatic rings. The lowest BCUT2D eigenvalue weighted by Crippen LogP contribution is -2.48. The molecule has 1 aliphatic heterocycles.